The van der Waals surface area contributed by atoms with Gasteiger partial charge in [-0.05, 0) is 25.1 Å². The van der Waals surface area contributed by atoms with Crippen molar-refractivity contribution < 1.29 is 19.1 Å². The molecule has 1 atom stereocenters. The van der Waals surface area contributed by atoms with Crippen LogP contribution in [0.3, 0.4) is 0 Å². The van der Waals surface area contributed by atoms with Gasteiger partial charge < -0.3 is 5.11 Å². The van der Waals surface area contributed by atoms with E-state index in [0.29, 0.717) is 21.1 Å². The number of fused-ring (bicyclic) bond motifs is 1. The van der Waals surface area contributed by atoms with E-state index in [9.17, 15) is 14.0 Å². The van der Waals surface area contributed by atoms with E-state index < -0.39 is 17.8 Å². The predicted molar refractivity (Wildman–Crippen MR) is 75.9 cm³/mol. The first kappa shape index (κ1) is 13.6. The molecule has 0 spiro atoms. The van der Waals surface area contributed by atoms with Crippen LogP contribution in [0.25, 0.3) is 10.2 Å². The maximum atomic E-state index is 13.2. The number of carboxylic acids is 1. The van der Waals surface area contributed by atoms with Crippen LogP contribution in [-0.2, 0) is 9.59 Å². The molecule has 0 aliphatic carbocycles. The second-order valence-corrected chi connectivity index (χ2v) is 5.66. The van der Waals surface area contributed by atoms with Gasteiger partial charge in [-0.1, -0.05) is 11.3 Å². The zero-order chi connectivity index (χ0) is 15.1. The zero-order valence-corrected chi connectivity index (χ0v) is 11.7. The second kappa shape index (κ2) is 4.88. The summed E-state index contributed by atoms with van der Waals surface area (Å²) in [5.41, 5.74) is 1.01. The number of rotatable bonds is 3. The number of benzene rings is 1. The van der Waals surface area contributed by atoms with E-state index in [2.05, 4.69) is 10.1 Å². The number of halogens is 1. The first-order valence-electron chi connectivity index (χ1n) is 6.12. The second-order valence-electron chi connectivity index (χ2n) is 4.65. The quantitative estimate of drug-likeness (QED) is 0.942. The molecule has 0 saturated carbocycles. The van der Waals surface area contributed by atoms with Gasteiger partial charge in [-0.2, -0.15) is 10.1 Å². The standard InChI is InChI=1S/C13H10FN3O3S/c1-6-8(5-11(18)19)12(20)17(16-6)13-15-9-3-2-7(14)4-10(9)21-13/h2-4,8H,5H2,1H3,(H,18,19). The van der Waals surface area contributed by atoms with Crippen LogP contribution in [-0.4, -0.2) is 27.7 Å². The average molecular weight is 307 g/mol. The number of carbonyl (C=O) groups is 2. The Hall–Kier alpha value is -2.35. The number of aromatic nitrogens is 1. The van der Waals surface area contributed by atoms with Crippen LogP contribution in [0, 0.1) is 11.7 Å². The zero-order valence-electron chi connectivity index (χ0n) is 10.9. The molecule has 2 heterocycles. The lowest BCUT2D eigenvalue weighted by atomic mass is 10.0. The van der Waals surface area contributed by atoms with Gasteiger partial charge in [-0.3, -0.25) is 9.59 Å². The summed E-state index contributed by atoms with van der Waals surface area (Å²) in [6.07, 6.45) is -0.301. The number of aliphatic carboxylic acids is 1. The minimum absolute atomic E-state index is 0.301. The van der Waals surface area contributed by atoms with Gasteiger partial charge in [0.15, 0.2) is 0 Å². The van der Waals surface area contributed by atoms with E-state index in [1.54, 1.807) is 6.92 Å². The van der Waals surface area contributed by atoms with Crippen LogP contribution >= 0.6 is 11.3 Å². The Morgan fingerprint density at radius 1 is 1.52 bits per heavy atom. The summed E-state index contributed by atoms with van der Waals surface area (Å²) in [5, 5.41) is 14.3. The number of hydrogen-bond acceptors (Lipinski definition) is 5. The highest BCUT2D eigenvalue weighted by Crippen LogP contribution is 2.33. The minimum atomic E-state index is -1.06. The molecule has 1 amide bonds. The maximum absolute atomic E-state index is 13.2. The minimum Gasteiger partial charge on any atom is -0.481 e. The number of carboxylic acid groups (broad SMARTS) is 1. The molecule has 0 radical (unpaired) electrons. The van der Waals surface area contributed by atoms with Gasteiger partial charge in [0.25, 0.3) is 5.91 Å². The van der Waals surface area contributed by atoms with Crippen molar-refractivity contribution >= 4 is 44.3 Å². The van der Waals surface area contributed by atoms with Crippen molar-refractivity contribution in [2.24, 2.45) is 11.0 Å². The summed E-state index contributed by atoms with van der Waals surface area (Å²) in [4.78, 5) is 27.3. The van der Waals surface area contributed by atoms with Crippen molar-refractivity contribution in [1.82, 2.24) is 4.98 Å². The van der Waals surface area contributed by atoms with Gasteiger partial charge in [0, 0.05) is 5.71 Å². The molecule has 1 aromatic carbocycles. The van der Waals surface area contributed by atoms with Crippen molar-refractivity contribution in [2.75, 3.05) is 5.01 Å². The van der Waals surface area contributed by atoms with Crippen molar-refractivity contribution in [1.29, 1.82) is 0 Å². The van der Waals surface area contributed by atoms with E-state index in [-0.39, 0.29) is 12.2 Å². The largest absolute Gasteiger partial charge is 0.481 e. The normalized spacial score (nSPS) is 18.4. The molecule has 0 saturated heterocycles. The predicted octanol–water partition coefficient (Wildman–Crippen LogP) is 2.25. The lowest BCUT2D eigenvalue weighted by molar-refractivity contribution is -0.139. The lowest BCUT2D eigenvalue weighted by Crippen LogP contribution is -2.28. The molecule has 3 rings (SSSR count). The van der Waals surface area contributed by atoms with Crippen LogP contribution < -0.4 is 5.01 Å². The molecule has 0 bridgehead atoms. The van der Waals surface area contributed by atoms with Gasteiger partial charge in [0.1, 0.15) is 5.82 Å². The number of nitrogens with zero attached hydrogens (tertiary/aromatic N) is 3. The Morgan fingerprint density at radius 3 is 3.00 bits per heavy atom. The molecule has 1 N–H and O–H groups in total. The molecule has 108 valence electrons. The average Bonchev–Trinajstić information content (AvgIpc) is 2.93. The molecule has 1 aliphatic rings. The highest BCUT2D eigenvalue weighted by Gasteiger charge is 2.37. The van der Waals surface area contributed by atoms with E-state index in [1.807, 2.05) is 0 Å². The van der Waals surface area contributed by atoms with Crippen molar-refractivity contribution in [3.05, 3.63) is 24.0 Å². The molecule has 1 aliphatic heterocycles. The van der Waals surface area contributed by atoms with Crippen LogP contribution in [0.1, 0.15) is 13.3 Å². The summed E-state index contributed by atoms with van der Waals surface area (Å²) in [6, 6.07) is 4.15. The van der Waals surface area contributed by atoms with Crippen LogP contribution in [0.15, 0.2) is 23.3 Å². The van der Waals surface area contributed by atoms with Crippen molar-refractivity contribution in [3.63, 3.8) is 0 Å². The molecular weight excluding hydrogens is 297 g/mol. The van der Waals surface area contributed by atoms with Crippen LogP contribution in [0.5, 0.6) is 0 Å². The fraction of sp³-hybridized carbons (Fsp3) is 0.231. The van der Waals surface area contributed by atoms with E-state index in [4.69, 9.17) is 5.11 Å². The Morgan fingerprint density at radius 2 is 2.29 bits per heavy atom. The van der Waals surface area contributed by atoms with Crippen LogP contribution in [0.4, 0.5) is 9.52 Å². The van der Waals surface area contributed by atoms with E-state index in [1.165, 1.54) is 18.2 Å². The Kier molecular flexibility index (Phi) is 3.17. The van der Waals surface area contributed by atoms with E-state index >= 15 is 0 Å². The molecule has 21 heavy (non-hydrogen) atoms. The molecular formula is C13H10FN3O3S. The monoisotopic (exact) mass is 307 g/mol. The summed E-state index contributed by atoms with van der Waals surface area (Å²) in [5.74, 6) is -2.63. The maximum Gasteiger partial charge on any atom is 0.304 e. The smallest absolute Gasteiger partial charge is 0.304 e. The fourth-order valence-corrected chi connectivity index (χ4v) is 3.07. The summed E-state index contributed by atoms with van der Waals surface area (Å²) in [6.45, 7) is 1.61. The third kappa shape index (κ3) is 2.38. The fourth-order valence-electron chi connectivity index (χ4n) is 2.13. The van der Waals surface area contributed by atoms with Gasteiger partial charge in [0.05, 0.1) is 22.6 Å². The summed E-state index contributed by atoms with van der Waals surface area (Å²) in [7, 11) is 0. The van der Waals surface area contributed by atoms with Gasteiger partial charge >= 0.3 is 5.97 Å². The SMILES string of the molecule is CC1=NN(c2nc3ccc(F)cc3s2)C(=O)C1CC(=O)O. The first-order valence-corrected chi connectivity index (χ1v) is 6.94. The summed E-state index contributed by atoms with van der Waals surface area (Å²) < 4.78 is 13.8. The summed E-state index contributed by atoms with van der Waals surface area (Å²) >= 11 is 1.13. The lowest BCUT2D eigenvalue weighted by Gasteiger charge is -2.09. The van der Waals surface area contributed by atoms with E-state index in [0.717, 1.165) is 16.3 Å². The molecule has 2 aromatic rings. The number of hydrogen-bond donors (Lipinski definition) is 1. The molecule has 0 fully saturated rings. The Balaban J connectivity index is 1.96. The molecule has 6 nitrogen and oxygen atoms in total. The number of amides is 1. The molecule has 1 unspecified atom stereocenters. The number of hydrazone groups is 1. The number of carbonyl (C=O) groups excluding carboxylic acids is 1. The first-order chi connectivity index (χ1) is 9.95. The third-order valence-electron chi connectivity index (χ3n) is 3.17. The topological polar surface area (TPSA) is 82.9 Å². The van der Waals surface area contributed by atoms with Crippen molar-refractivity contribution in [2.45, 2.75) is 13.3 Å². The molecule has 1 aromatic heterocycles. The van der Waals surface area contributed by atoms with Gasteiger partial charge in [-0.25, -0.2) is 9.37 Å². The van der Waals surface area contributed by atoms with Crippen LogP contribution in [0.2, 0.25) is 0 Å². The van der Waals surface area contributed by atoms with Gasteiger partial charge in [-0.15, -0.1) is 0 Å². The third-order valence-corrected chi connectivity index (χ3v) is 4.16. The number of anilines is 1. The van der Waals surface area contributed by atoms with Gasteiger partial charge in [0.2, 0.25) is 5.13 Å². The van der Waals surface area contributed by atoms with Crippen molar-refractivity contribution in [3.8, 4) is 0 Å². The molecule has 8 heteroatoms. The number of thiazole rings is 1. The Labute approximate surface area is 122 Å². The Bertz CT molecular complexity index is 786. The highest BCUT2D eigenvalue weighted by molar-refractivity contribution is 7.22. The highest BCUT2D eigenvalue weighted by atomic mass is 32.1.